The molecule has 0 radical (unpaired) electrons. The van der Waals surface area contributed by atoms with Crippen LogP contribution in [-0.2, 0) is 0 Å². The number of nitrogens with one attached hydrogen (secondary N) is 1. The van der Waals surface area contributed by atoms with Crippen LogP contribution >= 0.6 is 11.6 Å². The number of carbonyl (C=O) groups is 1. The molecule has 3 N–H and O–H groups in total. The van der Waals surface area contributed by atoms with Gasteiger partial charge in [-0.3, -0.25) is 4.79 Å². The molecule has 0 heterocycles. The minimum absolute atomic E-state index is 0.00998. The minimum Gasteiger partial charge on any atom is -0.396 e. The van der Waals surface area contributed by atoms with Gasteiger partial charge in [-0.1, -0.05) is 17.7 Å². The van der Waals surface area contributed by atoms with E-state index in [4.69, 9.17) is 21.8 Å². The largest absolute Gasteiger partial charge is 0.396 e. The summed E-state index contributed by atoms with van der Waals surface area (Å²) in [6.45, 7) is -0.0972. The Kier molecular flexibility index (Phi) is 3.90. The normalized spacial score (nSPS) is 18.2. The highest BCUT2D eigenvalue weighted by Crippen LogP contribution is 2.40. The summed E-state index contributed by atoms with van der Waals surface area (Å²) in [4.78, 5) is 11.9. The van der Waals surface area contributed by atoms with Crippen LogP contribution < -0.4 is 5.32 Å². The Morgan fingerprint density at radius 3 is 2.61 bits per heavy atom. The van der Waals surface area contributed by atoms with Crippen molar-refractivity contribution in [1.82, 2.24) is 5.32 Å². The molecule has 0 unspecified atom stereocenters. The van der Waals surface area contributed by atoms with Crippen molar-refractivity contribution in [2.75, 3.05) is 13.2 Å². The number of halogens is 1. The molecule has 0 spiro atoms. The number of carbonyl (C=O) groups excluding carboxylic acids is 1. The molecular formula is C13H16ClNO3. The van der Waals surface area contributed by atoms with Gasteiger partial charge >= 0.3 is 0 Å². The summed E-state index contributed by atoms with van der Waals surface area (Å²) in [5, 5.41) is 21.7. The SMILES string of the molecule is O=C(NC1CC(CO)(CO)C1)c1cccc(Cl)c1. The number of amides is 1. The van der Waals surface area contributed by atoms with Gasteiger partial charge in [0.25, 0.3) is 5.91 Å². The van der Waals surface area contributed by atoms with E-state index in [0.29, 0.717) is 23.4 Å². The molecule has 5 heteroatoms. The van der Waals surface area contributed by atoms with Crippen LogP contribution in [0.3, 0.4) is 0 Å². The number of hydrogen-bond acceptors (Lipinski definition) is 3. The summed E-state index contributed by atoms with van der Waals surface area (Å²) >= 11 is 5.82. The van der Waals surface area contributed by atoms with Gasteiger partial charge in [-0.15, -0.1) is 0 Å². The summed E-state index contributed by atoms with van der Waals surface area (Å²) < 4.78 is 0. The van der Waals surface area contributed by atoms with Crippen molar-refractivity contribution in [2.45, 2.75) is 18.9 Å². The third-order valence-corrected chi connectivity index (χ3v) is 3.69. The molecule has 0 atom stereocenters. The topological polar surface area (TPSA) is 69.6 Å². The molecule has 0 aliphatic heterocycles. The highest BCUT2D eigenvalue weighted by atomic mass is 35.5. The zero-order valence-corrected chi connectivity index (χ0v) is 10.7. The zero-order valence-electron chi connectivity index (χ0n) is 9.90. The first-order chi connectivity index (χ1) is 8.58. The van der Waals surface area contributed by atoms with E-state index >= 15 is 0 Å². The van der Waals surface area contributed by atoms with Crippen molar-refractivity contribution < 1.29 is 15.0 Å². The smallest absolute Gasteiger partial charge is 0.251 e. The molecule has 1 amide bonds. The molecule has 1 aliphatic rings. The minimum atomic E-state index is -0.424. The predicted octanol–water partition coefficient (Wildman–Crippen LogP) is 1.20. The Labute approximate surface area is 111 Å². The molecule has 4 nitrogen and oxygen atoms in total. The summed E-state index contributed by atoms with van der Waals surface area (Å²) in [5.41, 5.74) is 0.0970. The van der Waals surface area contributed by atoms with Gasteiger partial charge < -0.3 is 15.5 Å². The lowest BCUT2D eigenvalue weighted by Gasteiger charge is -2.45. The number of aliphatic hydroxyl groups is 2. The van der Waals surface area contributed by atoms with Crippen LogP contribution in [0.5, 0.6) is 0 Å². The molecule has 1 aliphatic carbocycles. The van der Waals surface area contributed by atoms with Gasteiger partial charge in [0.15, 0.2) is 0 Å². The van der Waals surface area contributed by atoms with Gasteiger partial charge in [-0.2, -0.15) is 0 Å². The van der Waals surface area contributed by atoms with Gasteiger partial charge in [0.2, 0.25) is 0 Å². The first-order valence-electron chi connectivity index (χ1n) is 5.87. The van der Waals surface area contributed by atoms with Crippen molar-refractivity contribution in [3.63, 3.8) is 0 Å². The third-order valence-electron chi connectivity index (χ3n) is 3.45. The van der Waals surface area contributed by atoms with Crippen LogP contribution in [-0.4, -0.2) is 35.4 Å². The van der Waals surface area contributed by atoms with Crippen LogP contribution in [0.4, 0.5) is 0 Å². The van der Waals surface area contributed by atoms with Crippen LogP contribution in [0, 0.1) is 5.41 Å². The molecule has 0 bridgehead atoms. The molecule has 1 saturated carbocycles. The second kappa shape index (κ2) is 5.26. The second-order valence-corrected chi connectivity index (χ2v) is 5.34. The van der Waals surface area contributed by atoms with Crippen molar-refractivity contribution in [3.05, 3.63) is 34.9 Å². The maximum atomic E-state index is 11.9. The lowest BCUT2D eigenvalue weighted by Crippen LogP contribution is -2.54. The van der Waals surface area contributed by atoms with Gasteiger partial charge in [0, 0.05) is 22.0 Å². The van der Waals surface area contributed by atoms with Crippen LogP contribution in [0.25, 0.3) is 0 Å². The standard InChI is InChI=1S/C13H16ClNO3/c14-10-3-1-2-9(4-10)12(18)15-11-5-13(6-11,7-16)8-17/h1-4,11,16-17H,5-8H2,(H,15,18). The van der Waals surface area contributed by atoms with E-state index < -0.39 is 5.41 Å². The first-order valence-corrected chi connectivity index (χ1v) is 6.24. The molecule has 1 aromatic carbocycles. The van der Waals surface area contributed by atoms with E-state index in [1.807, 2.05) is 0 Å². The van der Waals surface area contributed by atoms with Crippen molar-refractivity contribution in [2.24, 2.45) is 5.41 Å². The number of aliphatic hydroxyl groups excluding tert-OH is 2. The fourth-order valence-electron chi connectivity index (χ4n) is 2.29. The average Bonchev–Trinajstić information content (AvgIpc) is 2.33. The lowest BCUT2D eigenvalue weighted by molar-refractivity contribution is -0.0300. The quantitative estimate of drug-likeness (QED) is 0.769. The Bertz CT molecular complexity index is 438. The van der Waals surface area contributed by atoms with E-state index in [0.717, 1.165) is 0 Å². The van der Waals surface area contributed by atoms with Crippen LogP contribution in [0.2, 0.25) is 5.02 Å². The molecule has 98 valence electrons. The fourth-order valence-corrected chi connectivity index (χ4v) is 2.48. The molecule has 1 fully saturated rings. The molecule has 18 heavy (non-hydrogen) atoms. The van der Waals surface area contributed by atoms with E-state index in [1.54, 1.807) is 24.3 Å². The summed E-state index contributed by atoms with van der Waals surface area (Å²) in [7, 11) is 0. The third kappa shape index (κ3) is 2.66. The number of hydrogen-bond donors (Lipinski definition) is 3. The summed E-state index contributed by atoms with van der Waals surface area (Å²) in [6.07, 6.45) is 1.21. The molecule has 2 rings (SSSR count). The monoisotopic (exact) mass is 269 g/mol. The van der Waals surface area contributed by atoms with E-state index in [9.17, 15) is 4.79 Å². The van der Waals surface area contributed by atoms with E-state index in [2.05, 4.69) is 5.32 Å². The van der Waals surface area contributed by atoms with Crippen molar-refractivity contribution in [3.8, 4) is 0 Å². The Balaban J connectivity index is 1.91. The Morgan fingerprint density at radius 2 is 2.06 bits per heavy atom. The maximum Gasteiger partial charge on any atom is 0.251 e. The van der Waals surface area contributed by atoms with E-state index in [-0.39, 0.29) is 25.2 Å². The fraction of sp³-hybridized carbons (Fsp3) is 0.462. The molecule has 1 aromatic rings. The van der Waals surface area contributed by atoms with E-state index in [1.165, 1.54) is 0 Å². The van der Waals surface area contributed by atoms with Crippen LogP contribution in [0.1, 0.15) is 23.2 Å². The lowest BCUT2D eigenvalue weighted by atomic mass is 9.66. The average molecular weight is 270 g/mol. The van der Waals surface area contributed by atoms with Crippen LogP contribution in [0.15, 0.2) is 24.3 Å². The molecular weight excluding hydrogens is 254 g/mol. The Morgan fingerprint density at radius 1 is 1.39 bits per heavy atom. The predicted molar refractivity (Wildman–Crippen MR) is 68.5 cm³/mol. The number of rotatable bonds is 4. The second-order valence-electron chi connectivity index (χ2n) is 4.91. The van der Waals surface area contributed by atoms with Gasteiger partial charge in [0.05, 0.1) is 13.2 Å². The Hall–Kier alpha value is -1.10. The van der Waals surface area contributed by atoms with Gasteiger partial charge in [-0.25, -0.2) is 0 Å². The first kappa shape index (κ1) is 13.3. The number of benzene rings is 1. The zero-order chi connectivity index (χ0) is 13.2. The summed E-state index contributed by atoms with van der Waals surface area (Å²) in [5.74, 6) is -0.174. The van der Waals surface area contributed by atoms with Gasteiger partial charge in [-0.05, 0) is 31.0 Å². The highest BCUT2D eigenvalue weighted by molar-refractivity contribution is 6.30. The highest BCUT2D eigenvalue weighted by Gasteiger charge is 2.43. The van der Waals surface area contributed by atoms with Crippen molar-refractivity contribution >= 4 is 17.5 Å². The molecule has 0 aromatic heterocycles. The van der Waals surface area contributed by atoms with Crippen molar-refractivity contribution in [1.29, 1.82) is 0 Å². The maximum absolute atomic E-state index is 11.9. The molecule has 0 saturated heterocycles. The summed E-state index contributed by atoms with van der Waals surface area (Å²) in [6, 6.07) is 6.76. The van der Waals surface area contributed by atoms with Gasteiger partial charge in [0.1, 0.15) is 0 Å².